The van der Waals surface area contributed by atoms with E-state index >= 15 is 0 Å². The highest BCUT2D eigenvalue weighted by atomic mass is 16.7. The number of ether oxygens (including phenoxy) is 2. The van der Waals surface area contributed by atoms with Crippen LogP contribution in [0.2, 0.25) is 0 Å². The summed E-state index contributed by atoms with van der Waals surface area (Å²) >= 11 is 0. The molecule has 0 fully saturated rings. The van der Waals surface area contributed by atoms with Crippen LogP contribution in [0.3, 0.4) is 0 Å². The number of hydrogen-bond acceptors (Lipinski definition) is 5. The number of carbonyl (C=O) groups excluding carboxylic acids is 1. The SMILES string of the molecule is COc1cc(C=CC(=O)OC(=O)O)ccc1O. The van der Waals surface area contributed by atoms with E-state index in [2.05, 4.69) is 4.74 Å². The lowest BCUT2D eigenvalue weighted by molar-refractivity contribution is -0.133. The van der Waals surface area contributed by atoms with E-state index in [1.165, 1.54) is 31.4 Å². The van der Waals surface area contributed by atoms with Crippen LogP contribution in [0.5, 0.6) is 11.5 Å². The van der Waals surface area contributed by atoms with Crippen molar-refractivity contribution in [1.29, 1.82) is 0 Å². The molecule has 0 spiro atoms. The Balaban J connectivity index is 2.78. The molecule has 17 heavy (non-hydrogen) atoms. The van der Waals surface area contributed by atoms with Gasteiger partial charge in [0.05, 0.1) is 7.11 Å². The van der Waals surface area contributed by atoms with Crippen LogP contribution in [0.1, 0.15) is 5.56 Å². The Hall–Kier alpha value is -2.50. The van der Waals surface area contributed by atoms with Crippen LogP contribution < -0.4 is 4.74 Å². The standard InChI is InChI=1S/C11H10O6/c1-16-9-6-7(2-4-8(9)12)3-5-10(13)17-11(14)15/h2-6,12H,1H3,(H,14,15). The van der Waals surface area contributed by atoms with E-state index in [4.69, 9.17) is 9.84 Å². The van der Waals surface area contributed by atoms with Crippen LogP contribution >= 0.6 is 0 Å². The Morgan fingerprint density at radius 1 is 1.35 bits per heavy atom. The third-order valence-corrected chi connectivity index (χ3v) is 1.80. The Kier molecular flexibility index (Phi) is 4.10. The van der Waals surface area contributed by atoms with Gasteiger partial charge in [-0.05, 0) is 23.8 Å². The zero-order valence-corrected chi connectivity index (χ0v) is 8.91. The van der Waals surface area contributed by atoms with E-state index in [0.717, 1.165) is 6.08 Å². The molecule has 0 saturated carbocycles. The summed E-state index contributed by atoms with van der Waals surface area (Å²) in [6.07, 6.45) is 0.635. The monoisotopic (exact) mass is 238 g/mol. The summed E-state index contributed by atoms with van der Waals surface area (Å²) in [7, 11) is 1.39. The molecule has 1 aromatic rings. The predicted molar refractivity (Wildman–Crippen MR) is 57.8 cm³/mol. The number of benzene rings is 1. The highest BCUT2D eigenvalue weighted by molar-refractivity contribution is 5.92. The lowest BCUT2D eigenvalue weighted by Gasteiger charge is -2.03. The van der Waals surface area contributed by atoms with Crippen LogP contribution in [0.25, 0.3) is 6.08 Å². The first-order chi connectivity index (χ1) is 8.02. The van der Waals surface area contributed by atoms with Crippen molar-refractivity contribution in [3.8, 4) is 11.5 Å². The number of carboxylic acid groups (broad SMARTS) is 1. The van der Waals surface area contributed by atoms with Crippen molar-refractivity contribution < 1.29 is 29.3 Å². The summed E-state index contributed by atoms with van der Waals surface area (Å²) in [6, 6.07) is 4.41. The highest BCUT2D eigenvalue weighted by Gasteiger charge is 2.04. The van der Waals surface area contributed by atoms with E-state index < -0.39 is 12.1 Å². The Morgan fingerprint density at radius 3 is 2.65 bits per heavy atom. The largest absolute Gasteiger partial charge is 0.513 e. The van der Waals surface area contributed by atoms with Crippen molar-refractivity contribution in [1.82, 2.24) is 0 Å². The van der Waals surface area contributed by atoms with E-state index in [1.807, 2.05) is 0 Å². The summed E-state index contributed by atoms with van der Waals surface area (Å²) in [4.78, 5) is 20.9. The molecular weight excluding hydrogens is 228 g/mol. The number of phenols is 1. The Morgan fingerprint density at radius 2 is 2.06 bits per heavy atom. The van der Waals surface area contributed by atoms with Crippen molar-refractivity contribution in [2.75, 3.05) is 7.11 Å². The first-order valence-electron chi connectivity index (χ1n) is 4.52. The van der Waals surface area contributed by atoms with E-state index in [1.54, 1.807) is 0 Å². The quantitative estimate of drug-likeness (QED) is 0.472. The van der Waals surface area contributed by atoms with Gasteiger partial charge in [-0.1, -0.05) is 6.07 Å². The zero-order valence-electron chi connectivity index (χ0n) is 8.91. The number of rotatable bonds is 3. The minimum absolute atomic E-state index is 0.0298. The van der Waals surface area contributed by atoms with E-state index in [0.29, 0.717) is 5.56 Å². The van der Waals surface area contributed by atoms with Gasteiger partial charge >= 0.3 is 12.1 Å². The van der Waals surface area contributed by atoms with Crippen molar-refractivity contribution in [2.24, 2.45) is 0 Å². The third-order valence-electron chi connectivity index (χ3n) is 1.80. The summed E-state index contributed by atoms with van der Waals surface area (Å²) in [5.41, 5.74) is 0.557. The van der Waals surface area contributed by atoms with Gasteiger partial charge in [-0.2, -0.15) is 0 Å². The van der Waals surface area contributed by atoms with E-state index in [-0.39, 0.29) is 11.5 Å². The second-order valence-corrected chi connectivity index (χ2v) is 2.95. The zero-order chi connectivity index (χ0) is 12.8. The lowest BCUT2D eigenvalue weighted by atomic mass is 10.2. The predicted octanol–water partition coefficient (Wildman–Crippen LogP) is 1.64. The molecule has 0 bridgehead atoms. The molecule has 0 aliphatic carbocycles. The van der Waals surface area contributed by atoms with Crippen molar-refractivity contribution >= 4 is 18.2 Å². The first-order valence-corrected chi connectivity index (χ1v) is 4.52. The van der Waals surface area contributed by atoms with Crippen LogP contribution in [-0.2, 0) is 9.53 Å². The smallest absolute Gasteiger partial charge is 0.504 e. The molecule has 0 unspecified atom stereocenters. The number of aromatic hydroxyl groups is 1. The van der Waals surface area contributed by atoms with Crippen molar-refractivity contribution in [3.05, 3.63) is 29.8 Å². The maximum atomic E-state index is 10.9. The van der Waals surface area contributed by atoms with Crippen LogP contribution in [0.4, 0.5) is 4.79 Å². The molecular formula is C11H10O6. The number of esters is 1. The molecule has 0 aliphatic heterocycles. The first kappa shape index (κ1) is 12.6. The molecule has 0 aliphatic rings. The third kappa shape index (κ3) is 3.86. The second kappa shape index (κ2) is 5.55. The number of phenolic OH excluding ortho intramolecular Hbond substituents is 1. The van der Waals surface area contributed by atoms with Gasteiger partial charge in [0.25, 0.3) is 0 Å². The van der Waals surface area contributed by atoms with Gasteiger partial charge in [-0.15, -0.1) is 0 Å². The maximum Gasteiger partial charge on any atom is 0.513 e. The van der Waals surface area contributed by atoms with Gasteiger partial charge in [-0.3, -0.25) is 0 Å². The molecule has 0 aromatic heterocycles. The summed E-state index contributed by atoms with van der Waals surface area (Å²) < 4.78 is 8.73. The van der Waals surface area contributed by atoms with Gasteiger partial charge in [-0.25, -0.2) is 9.59 Å². The normalized spacial score (nSPS) is 10.2. The highest BCUT2D eigenvalue weighted by Crippen LogP contribution is 2.26. The summed E-state index contributed by atoms with van der Waals surface area (Å²) in [5.74, 6) is -0.777. The number of hydrogen-bond donors (Lipinski definition) is 2. The molecule has 0 amide bonds. The fraction of sp³-hybridized carbons (Fsp3) is 0.0909. The lowest BCUT2D eigenvalue weighted by Crippen LogP contribution is -2.06. The minimum atomic E-state index is -1.66. The van der Waals surface area contributed by atoms with Crippen LogP contribution in [-0.4, -0.2) is 29.4 Å². The van der Waals surface area contributed by atoms with Gasteiger partial charge in [0, 0.05) is 6.08 Å². The average Bonchev–Trinajstić information content (AvgIpc) is 2.27. The molecule has 0 heterocycles. The van der Waals surface area contributed by atoms with Gasteiger partial charge in [0.2, 0.25) is 0 Å². The van der Waals surface area contributed by atoms with Crippen molar-refractivity contribution in [3.63, 3.8) is 0 Å². The van der Waals surface area contributed by atoms with Crippen molar-refractivity contribution in [2.45, 2.75) is 0 Å². The minimum Gasteiger partial charge on any atom is -0.504 e. The summed E-state index contributed by atoms with van der Waals surface area (Å²) in [6.45, 7) is 0. The maximum absolute atomic E-state index is 10.9. The van der Waals surface area contributed by atoms with Crippen LogP contribution in [0, 0.1) is 0 Å². The molecule has 0 saturated heterocycles. The van der Waals surface area contributed by atoms with Crippen LogP contribution in [0.15, 0.2) is 24.3 Å². The molecule has 1 aromatic carbocycles. The molecule has 90 valence electrons. The Labute approximate surface area is 96.7 Å². The van der Waals surface area contributed by atoms with Gasteiger partial charge < -0.3 is 19.7 Å². The van der Waals surface area contributed by atoms with Gasteiger partial charge in [0.15, 0.2) is 11.5 Å². The molecule has 2 N–H and O–H groups in total. The fourth-order valence-corrected chi connectivity index (χ4v) is 1.08. The van der Waals surface area contributed by atoms with E-state index in [9.17, 15) is 14.7 Å². The number of methoxy groups -OCH3 is 1. The molecule has 0 radical (unpaired) electrons. The van der Waals surface area contributed by atoms with Gasteiger partial charge in [0.1, 0.15) is 0 Å². The second-order valence-electron chi connectivity index (χ2n) is 2.95. The molecule has 0 atom stereocenters. The molecule has 6 heteroatoms. The topological polar surface area (TPSA) is 93.1 Å². The molecule has 6 nitrogen and oxygen atoms in total. The fourth-order valence-electron chi connectivity index (χ4n) is 1.08. The summed E-state index contributed by atoms with van der Waals surface area (Å²) in [5, 5.41) is 17.5. The number of carbonyl (C=O) groups is 2. The average molecular weight is 238 g/mol. The molecule has 1 rings (SSSR count). The Bertz CT molecular complexity index is 463.